The summed E-state index contributed by atoms with van der Waals surface area (Å²) >= 11 is 10.3. The fourth-order valence-corrected chi connectivity index (χ4v) is 3.87. The first-order valence-electron chi connectivity index (χ1n) is 7.12. The van der Waals surface area contributed by atoms with Crippen LogP contribution in [0.15, 0.2) is 21.4 Å². The molecule has 0 aliphatic heterocycles. The first-order valence-corrected chi connectivity index (χ1v) is 8.35. The number of H-pyrrole nitrogens is 2. The van der Waals surface area contributed by atoms with Crippen LogP contribution in [0.1, 0.15) is 50.5 Å². The molecule has 3 nitrogen and oxygen atoms in total. The van der Waals surface area contributed by atoms with Crippen LogP contribution in [0.5, 0.6) is 0 Å². The average Bonchev–Trinajstić information content (AvgIpc) is 2.76. The number of hydrogen-bond donors (Lipinski definition) is 2. The van der Waals surface area contributed by atoms with Crippen LogP contribution < -0.4 is 5.69 Å². The predicted molar refractivity (Wildman–Crippen MR) is 88.5 cm³/mol. The van der Waals surface area contributed by atoms with Crippen molar-refractivity contribution in [2.24, 2.45) is 5.92 Å². The third-order valence-corrected chi connectivity index (χ3v) is 4.94. The molecular formula is C15H20BrClN2O. The summed E-state index contributed by atoms with van der Waals surface area (Å²) in [6.45, 7) is 4.38. The Morgan fingerprint density at radius 2 is 1.70 bits per heavy atom. The lowest BCUT2D eigenvalue weighted by Gasteiger charge is -2.22. The molecular weight excluding hydrogens is 340 g/mol. The Hall–Kier alpha value is -0.740. The van der Waals surface area contributed by atoms with Crippen LogP contribution in [0.2, 0.25) is 0 Å². The van der Waals surface area contributed by atoms with Crippen molar-refractivity contribution in [3.63, 3.8) is 0 Å². The lowest BCUT2D eigenvalue weighted by molar-refractivity contribution is 0.426. The Labute approximate surface area is 132 Å². The maximum absolute atomic E-state index is 11.4. The molecule has 0 saturated carbocycles. The molecule has 2 aromatic rings. The molecule has 0 spiro atoms. The van der Waals surface area contributed by atoms with Crippen molar-refractivity contribution in [2.45, 2.75) is 44.9 Å². The number of aromatic nitrogens is 2. The van der Waals surface area contributed by atoms with Crippen molar-refractivity contribution < 1.29 is 0 Å². The van der Waals surface area contributed by atoms with Crippen molar-refractivity contribution in [1.82, 2.24) is 9.97 Å². The van der Waals surface area contributed by atoms with Crippen LogP contribution in [-0.2, 0) is 0 Å². The largest absolute Gasteiger partial charge is 0.323 e. The summed E-state index contributed by atoms with van der Waals surface area (Å²) in [6.07, 6.45) is 4.51. The van der Waals surface area contributed by atoms with Crippen LogP contribution in [-0.4, -0.2) is 9.97 Å². The quantitative estimate of drug-likeness (QED) is 0.691. The smallest absolute Gasteiger partial charge is 0.306 e. The van der Waals surface area contributed by atoms with Crippen LogP contribution in [0.3, 0.4) is 0 Å². The highest BCUT2D eigenvalue weighted by atomic mass is 79.9. The minimum Gasteiger partial charge on any atom is -0.306 e. The molecule has 1 heterocycles. The van der Waals surface area contributed by atoms with E-state index in [-0.39, 0.29) is 11.1 Å². The molecule has 0 saturated heterocycles. The molecule has 0 amide bonds. The Morgan fingerprint density at radius 3 is 2.25 bits per heavy atom. The number of imidazole rings is 1. The van der Waals surface area contributed by atoms with Gasteiger partial charge in [-0.2, -0.15) is 0 Å². The Balaban J connectivity index is 2.38. The molecule has 0 bridgehead atoms. The van der Waals surface area contributed by atoms with E-state index in [0.29, 0.717) is 5.92 Å². The summed E-state index contributed by atoms with van der Waals surface area (Å²) in [5.41, 5.74) is 2.48. The van der Waals surface area contributed by atoms with Crippen LogP contribution in [0.4, 0.5) is 0 Å². The first kappa shape index (κ1) is 15.6. The van der Waals surface area contributed by atoms with Crippen molar-refractivity contribution in [3.8, 4) is 0 Å². The highest BCUT2D eigenvalue weighted by Crippen LogP contribution is 2.39. The van der Waals surface area contributed by atoms with Gasteiger partial charge >= 0.3 is 5.69 Å². The van der Waals surface area contributed by atoms with Gasteiger partial charge in [0.05, 0.1) is 16.4 Å². The van der Waals surface area contributed by atoms with Gasteiger partial charge in [-0.1, -0.05) is 42.6 Å². The molecule has 2 N–H and O–H groups in total. The number of rotatable bonds is 6. The van der Waals surface area contributed by atoms with E-state index in [2.05, 4.69) is 39.7 Å². The van der Waals surface area contributed by atoms with Gasteiger partial charge in [-0.05, 0) is 36.5 Å². The maximum Gasteiger partial charge on any atom is 0.323 e. The molecule has 1 aromatic heterocycles. The van der Waals surface area contributed by atoms with E-state index >= 15 is 0 Å². The second-order valence-corrected chi connectivity index (χ2v) is 6.56. The van der Waals surface area contributed by atoms with Gasteiger partial charge in [-0.25, -0.2) is 4.79 Å². The van der Waals surface area contributed by atoms with Gasteiger partial charge in [0, 0.05) is 4.47 Å². The summed E-state index contributed by atoms with van der Waals surface area (Å²) < 4.78 is 0.956. The number of benzene rings is 1. The number of halogens is 2. The second kappa shape index (κ2) is 6.81. The van der Waals surface area contributed by atoms with E-state index in [1.54, 1.807) is 0 Å². The van der Waals surface area contributed by atoms with Gasteiger partial charge in [0.25, 0.3) is 0 Å². The summed E-state index contributed by atoms with van der Waals surface area (Å²) in [5, 5.41) is -0.0351. The fraction of sp³-hybridized carbons (Fsp3) is 0.533. The fourth-order valence-electron chi connectivity index (χ4n) is 2.72. The zero-order valence-electron chi connectivity index (χ0n) is 11.8. The summed E-state index contributed by atoms with van der Waals surface area (Å²) in [5.74, 6) is 0.464. The molecule has 1 aromatic carbocycles. The van der Waals surface area contributed by atoms with E-state index in [1.807, 2.05) is 12.1 Å². The topological polar surface area (TPSA) is 48.6 Å². The molecule has 1 atom stereocenters. The van der Waals surface area contributed by atoms with Crippen molar-refractivity contribution in [2.75, 3.05) is 0 Å². The number of alkyl halides is 1. The molecule has 1 unspecified atom stereocenters. The van der Waals surface area contributed by atoms with Gasteiger partial charge in [-0.15, -0.1) is 11.6 Å². The summed E-state index contributed by atoms with van der Waals surface area (Å²) in [7, 11) is 0. The van der Waals surface area contributed by atoms with E-state index in [4.69, 9.17) is 11.6 Å². The summed E-state index contributed by atoms with van der Waals surface area (Å²) in [6, 6.07) is 3.90. The molecule has 20 heavy (non-hydrogen) atoms. The Morgan fingerprint density at radius 1 is 1.15 bits per heavy atom. The highest BCUT2D eigenvalue weighted by molar-refractivity contribution is 9.10. The Bertz CT molecular complexity index is 628. The zero-order valence-corrected chi connectivity index (χ0v) is 14.1. The number of nitrogens with one attached hydrogen (secondary N) is 2. The normalized spacial score (nSPS) is 13.2. The average molecular weight is 360 g/mol. The standard InChI is InChI=1S/C15H20BrClN2O/c1-3-5-9(6-4-2)14(17)10-7-12-13(8-11(10)16)19-15(20)18-12/h7-9,14H,3-6H2,1-2H3,(H2,18,19,20). The zero-order chi connectivity index (χ0) is 14.7. The molecule has 0 radical (unpaired) electrons. The number of hydrogen-bond acceptors (Lipinski definition) is 1. The monoisotopic (exact) mass is 358 g/mol. The van der Waals surface area contributed by atoms with Gasteiger partial charge in [-0.3, -0.25) is 0 Å². The van der Waals surface area contributed by atoms with E-state index in [0.717, 1.165) is 46.8 Å². The van der Waals surface area contributed by atoms with Crippen molar-refractivity contribution in [3.05, 3.63) is 32.7 Å². The summed E-state index contributed by atoms with van der Waals surface area (Å²) in [4.78, 5) is 16.9. The molecule has 2 rings (SSSR count). The third kappa shape index (κ3) is 3.29. The van der Waals surface area contributed by atoms with Gasteiger partial charge in [0.15, 0.2) is 0 Å². The second-order valence-electron chi connectivity index (χ2n) is 5.24. The lowest BCUT2D eigenvalue weighted by atomic mass is 9.90. The molecule has 110 valence electrons. The van der Waals surface area contributed by atoms with E-state index in [9.17, 15) is 4.79 Å². The lowest BCUT2D eigenvalue weighted by Crippen LogP contribution is -2.08. The van der Waals surface area contributed by atoms with Gasteiger partial charge in [0.1, 0.15) is 0 Å². The number of aromatic amines is 2. The highest BCUT2D eigenvalue weighted by Gasteiger charge is 2.22. The SMILES string of the molecule is CCCC(CCC)C(Cl)c1cc2[nH]c(=O)[nH]c2cc1Br. The van der Waals surface area contributed by atoms with Crippen LogP contribution in [0, 0.1) is 5.92 Å². The molecule has 5 heteroatoms. The van der Waals surface area contributed by atoms with Crippen LogP contribution >= 0.6 is 27.5 Å². The molecule has 0 fully saturated rings. The number of fused-ring (bicyclic) bond motifs is 1. The van der Waals surface area contributed by atoms with Crippen molar-refractivity contribution >= 4 is 38.6 Å². The Kier molecular flexibility index (Phi) is 5.33. The van der Waals surface area contributed by atoms with Gasteiger partial charge in [0.2, 0.25) is 0 Å². The van der Waals surface area contributed by atoms with E-state index < -0.39 is 0 Å². The third-order valence-electron chi connectivity index (χ3n) is 3.66. The van der Waals surface area contributed by atoms with E-state index in [1.165, 1.54) is 0 Å². The minimum absolute atomic E-state index is 0.0351. The van der Waals surface area contributed by atoms with Gasteiger partial charge < -0.3 is 9.97 Å². The maximum atomic E-state index is 11.4. The van der Waals surface area contributed by atoms with Crippen LogP contribution in [0.25, 0.3) is 11.0 Å². The molecule has 0 aliphatic rings. The van der Waals surface area contributed by atoms with Crippen molar-refractivity contribution in [1.29, 1.82) is 0 Å². The molecule has 0 aliphatic carbocycles. The predicted octanol–water partition coefficient (Wildman–Crippen LogP) is 5.12. The minimum atomic E-state index is -0.186. The first-order chi connectivity index (χ1) is 9.56.